The van der Waals surface area contributed by atoms with Crippen LogP contribution >= 0.6 is 0 Å². The fourth-order valence-corrected chi connectivity index (χ4v) is 6.70. The van der Waals surface area contributed by atoms with E-state index in [0.717, 1.165) is 77.0 Å². The molecular formula is C48H77NO13. The van der Waals surface area contributed by atoms with E-state index in [-0.39, 0.29) is 12.8 Å². The molecule has 1 rings (SSSR count). The van der Waals surface area contributed by atoms with Crippen molar-refractivity contribution in [2.24, 2.45) is 0 Å². The van der Waals surface area contributed by atoms with Crippen LogP contribution in [0.1, 0.15) is 181 Å². The maximum absolute atomic E-state index is 13.4. The number of esters is 3. The summed E-state index contributed by atoms with van der Waals surface area (Å²) in [5.41, 5.74) is 0. The molecule has 0 saturated carbocycles. The first kappa shape index (κ1) is 55.7. The molecule has 0 bridgehead atoms. The number of nitrogens with one attached hydrogen (secondary N) is 1. The third-order valence-electron chi connectivity index (χ3n) is 10.2. The number of carbonyl (C=O) groups is 6. The maximum atomic E-state index is 13.4. The Kier molecular flexibility index (Phi) is 33.5. The molecule has 1 aliphatic heterocycles. The summed E-state index contributed by atoms with van der Waals surface area (Å²) < 4.78 is 22.7. The van der Waals surface area contributed by atoms with Crippen molar-refractivity contribution in [1.29, 1.82) is 0 Å². The quantitative estimate of drug-likeness (QED) is 0.0199. The van der Waals surface area contributed by atoms with Gasteiger partial charge in [0.2, 0.25) is 12.2 Å². The number of unbranched alkanes of at least 4 members (excludes halogenated alkanes) is 14. The summed E-state index contributed by atoms with van der Waals surface area (Å²) >= 11 is 0. The number of carboxylic acid groups (broad SMARTS) is 2. The molecule has 0 aliphatic carbocycles. The maximum Gasteiger partial charge on any atom is 0.308 e. The highest BCUT2D eigenvalue weighted by atomic mass is 16.7. The van der Waals surface area contributed by atoms with Gasteiger partial charge in [-0.25, -0.2) is 0 Å². The number of amides is 1. The van der Waals surface area contributed by atoms with Gasteiger partial charge in [-0.15, -0.1) is 0 Å². The molecule has 0 radical (unpaired) electrons. The Morgan fingerprint density at radius 3 is 1.39 bits per heavy atom. The molecule has 0 unspecified atom stereocenters. The average Bonchev–Trinajstić information content (AvgIpc) is 3.24. The van der Waals surface area contributed by atoms with Crippen LogP contribution in [0, 0.1) is 0 Å². The Balaban J connectivity index is 2.98. The highest BCUT2D eigenvalue weighted by Gasteiger charge is 2.52. The predicted molar refractivity (Wildman–Crippen MR) is 237 cm³/mol. The Hall–Kier alpha value is -4.30. The predicted octanol–water partition coefficient (Wildman–Crippen LogP) is 9.13. The van der Waals surface area contributed by atoms with Crippen LogP contribution in [0.5, 0.6) is 0 Å². The molecule has 62 heavy (non-hydrogen) atoms. The van der Waals surface area contributed by atoms with Crippen LogP contribution < -0.4 is 5.32 Å². The molecule has 0 spiro atoms. The molecule has 0 aromatic carbocycles. The van der Waals surface area contributed by atoms with Gasteiger partial charge >= 0.3 is 29.8 Å². The summed E-state index contributed by atoms with van der Waals surface area (Å²) in [4.78, 5) is 74.7. The summed E-state index contributed by atoms with van der Waals surface area (Å²) in [6.45, 7) is 3.58. The molecule has 352 valence electrons. The molecule has 0 aromatic heterocycles. The van der Waals surface area contributed by atoms with Crippen molar-refractivity contribution in [2.75, 3.05) is 6.61 Å². The minimum absolute atomic E-state index is 0.0197. The summed E-state index contributed by atoms with van der Waals surface area (Å²) in [6, 6.07) is -1.43. The first-order valence-corrected chi connectivity index (χ1v) is 23.2. The van der Waals surface area contributed by atoms with Crippen LogP contribution in [0.3, 0.4) is 0 Å². The Bertz CT molecular complexity index is 1390. The van der Waals surface area contributed by atoms with Gasteiger partial charge in [0.25, 0.3) is 0 Å². The average molecular weight is 876 g/mol. The second kappa shape index (κ2) is 37.3. The normalized spacial score (nSPS) is 19.0. The van der Waals surface area contributed by atoms with Crippen LogP contribution in [0.2, 0.25) is 0 Å². The van der Waals surface area contributed by atoms with Crippen molar-refractivity contribution in [3.05, 3.63) is 48.6 Å². The van der Waals surface area contributed by atoms with Gasteiger partial charge in [-0.2, -0.15) is 0 Å². The number of hydrogen-bond acceptors (Lipinski definition) is 11. The number of carboxylic acids is 2. The number of aliphatic carboxylic acids is 2. The highest BCUT2D eigenvalue weighted by Crippen LogP contribution is 2.29. The lowest BCUT2D eigenvalue weighted by atomic mass is 9.95. The summed E-state index contributed by atoms with van der Waals surface area (Å²) in [5.74, 6) is -5.65. The van der Waals surface area contributed by atoms with Gasteiger partial charge in [0.05, 0.1) is 32.3 Å². The molecule has 1 aliphatic rings. The molecule has 0 aromatic rings. The van der Waals surface area contributed by atoms with E-state index < -0.39 is 98.7 Å². The van der Waals surface area contributed by atoms with E-state index in [4.69, 9.17) is 29.2 Å². The van der Waals surface area contributed by atoms with Gasteiger partial charge < -0.3 is 39.6 Å². The second-order valence-corrected chi connectivity index (χ2v) is 15.8. The molecular weight excluding hydrogens is 799 g/mol. The molecule has 14 heteroatoms. The zero-order chi connectivity index (χ0) is 45.6. The number of aliphatic hydroxyl groups is 1. The van der Waals surface area contributed by atoms with Crippen LogP contribution in [0.4, 0.5) is 0 Å². The van der Waals surface area contributed by atoms with Crippen molar-refractivity contribution in [3.8, 4) is 0 Å². The largest absolute Gasteiger partial charge is 0.481 e. The molecule has 1 saturated heterocycles. The number of rotatable bonds is 37. The highest BCUT2D eigenvalue weighted by molar-refractivity contribution is 5.78. The molecule has 14 nitrogen and oxygen atoms in total. The standard InChI is InChI=1S/C48H77NO13/c1-3-5-7-9-11-13-15-17-19-21-23-25-27-29-31-39(51)49-45-47(61-42(56)32-30-28-26-24-22-20-18-16-14-12-10-8-6-4-2)46(60-43(57)35-33-40(52)53)38(37-50)59-48(45)62-44(58)36-34-41(54)55/h11-14,17-20,38,45-48,50H,3-10,15-16,21-37H2,1-2H3,(H,49,51)(H,52,53)(H,54,55)/b13-11-,14-12-,19-17-,20-18-/t38-,45-,46-,47-,48+/m1/s1. The Morgan fingerprint density at radius 2 is 0.919 bits per heavy atom. The van der Waals surface area contributed by atoms with Crippen molar-refractivity contribution in [2.45, 2.75) is 211 Å². The van der Waals surface area contributed by atoms with Crippen molar-refractivity contribution in [1.82, 2.24) is 5.32 Å². The second-order valence-electron chi connectivity index (χ2n) is 15.8. The molecule has 1 amide bonds. The molecule has 1 fully saturated rings. The topological polar surface area (TPSA) is 212 Å². The third kappa shape index (κ3) is 29.1. The van der Waals surface area contributed by atoms with E-state index in [1.807, 2.05) is 0 Å². The summed E-state index contributed by atoms with van der Waals surface area (Å²) in [6.07, 6.45) is 28.5. The first-order chi connectivity index (χ1) is 30.0. The number of ether oxygens (including phenoxy) is 4. The van der Waals surface area contributed by atoms with E-state index in [1.54, 1.807) is 0 Å². The zero-order valence-electron chi connectivity index (χ0n) is 37.5. The summed E-state index contributed by atoms with van der Waals surface area (Å²) in [7, 11) is 0. The third-order valence-corrected chi connectivity index (χ3v) is 10.2. The monoisotopic (exact) mass is 876 g/mol. The van der Waals surface area contributed by atoms with Crippen LogP contribution in [-0.2, 0) is 47.7 Å². The van der Waals surface area contributed by atoms with Gasteiger partial charge in [-0.05, 0) is 77.0 Å². The van der Waals surface area contributed by atoms with Gasteiger partial charge in [0.15, 0.2) is 12.2 Å². The minimum atomic E-state index is -1.66. The van der Waals surface area contributed by atoms with Gasteiger partial charge in [0, 0.05) is 12.8 Å². The lowest BCUT2D eigenvalue weighted by molar-refractivity contribution is -0.271. The smallest absolute Gasteiger partial charge is 0.308 e. The van der Waals surface area contributed by atoms with E-state index in [1.165, 1.54) is 38.5 Å². The molecule has 4 N–H and O–H groups in total. The van der Waals surface area contributed by atoms with Crippen molar-refractivity contribution < 1.29 is 63.0 Å². The number of aliphatic hydroxyl groups excluding tert-OH is 1. The lowest BCUT2D eigenvalue weighted by Crippen LogP contribution is -2.67. The fourth-order valence-electron chi connectivity index (χ4n) is 6.70. The van der Waals surface area contributed by atoms with Crippen LogP contribution in [0.15, 0.2) is 48.6 Å². The molecule has 1 heterocycles. The van der Waals surface area contributed by atoms with Crippen molar-refractivity contribution in [3.63, 3.8) is 0 Å². The Morgan fingerprint density at radius 1 is 0.500 bits per heavy atom. The first-order valence-electron chi connectivity index (χ1n) is 23.2. The van der Waals surface area contributed by atoms with E-state index >= 15 is 0 Å². The minimum Gasteiger partial charge on any atom is -0.481 e. The zero-order valence-corrected chi connectivity index (χ0v) is 37.5. The van der Waals surface area contributed by atoms with Gasteiger partial charge in [-0.3, -0.25) is 28.8 Å². The number of carbonyl (C=O) groups excluding carboxylic acids is 4. The Labute approximate surface area is 369 Å². The van der Waals surface area contributed by atoms with Crippen molar-refractivity contribution >= 4 is 35.8 Å². The van der Waals surface area contributed by atoms with Gasteiger partial charge in [0.1, 0.15) is 12.1 Å². The fraction of sp³-hybridized carbons (Fsp3) is 0.708. The van der Waals surface area contributed by atoms with E-state index in [2.05, 4.69) is 67.8 Å². The lowest BCUT2D eigenvalue weighted by Gasteiger charge is -2.44. The van der Waals surface area contributed by atoms with Crippen LogP contribution in [0.25, 0.3) is 0 Å². The van der Waals surface area contributed by atoms with Gasteiger partial charge in [-0.1, -0.05) is 114 Å². The molecule has 5 atom stereocenters. The van der Waals surface area contributed by atoms with E-state index in [9.17, 15) is 33.9 Å². The SMILES string of the molecule is CCCCC/C=C\C/C=C\CCCCCCC(=O)N[C@H]1[C@H](OC(=O)CCC(=O)O)O[C@H](CO)[C@@H](OC(=O)CCC(=O)O)[C@@H]1OC(=O)CCCCCC/C=C\C/C=C\CCCCC. The summed E-state index contributed by atoms with van der Waals surface area (Å²) in [5, 5.41) is 31.2. The number of hydrogen-bond donors (Lipinski definition) is 4. The number of allylic oxidation sites excluding steroid dienone is 8. The van der Waals surface area contributed by atoms with E-state index in [0.29, 0.717) is 12.8 Å². The van der Waals surface area contributed by atoms with Crippen LogP contribution in [-0.4, -0.2) is 88.3 Å².